The molecule has 0 radical (unpaired) electrons. The van der Waals surface area contributed by atoms with E-state index in [9.17, 15) is 27.2 Å². The molecule has 0 saturated carbocycles. The zero-order chi connectivity index (χ0) is 27.7. The van der Waals surface area contributed by atoms with Gasteiger partial charge in [0.2, 0.25) is 0 Å². The molecule has 2 N–H and O–H groups in total. The zero-order valence-corrected chi connectivity index (χ0v) is 20.5. The average molecular weight is 532 g/mol. The quantitative estimate of drug-likeness (QED) is 0.235. The number of carbonyl (C=O) groups is 1. The van der Waals surface area contributed by atoms with E-state index in [1.54, 1.807) is 36.4 Å². The van der Waals surface area contributed by atoms with Crippen LogP contribution in [-0.4, -0.2) is 15.7 Å². The second-order valence-corrected chi connectivity index (χ2v) is 8.93. The lowest BCUT2D eigenvalue weighted by Crippen LogP contribution is -2.16. The second kappa shape index (κ2) is 10.1. The molecule has 5 rings (SSSR count). The average Bonchev–Trinajstić information content (AvgIpc) is 3.25. The van der Waals surface area contributed by atoms with Crippen LogP contribution in [0.1, 0.15) is 21.5 Å². The van der Waals surface area contributed by atoms with Gasteiger partial charge in [0.05, 0.1) is 22.5 Å². The minimum atomic E-state index is -4.57. The Labute approximate surface area is 220 Å². The number of nitrogens with one attached hydrogen (secondary N) is 2. The molecule has 39 heavy (non-hydrogen) atoms. The topological polar surface area (TPSA) is 66.9 Å². The standard InChI is InChI=1S/C30H21F4N3O2/c1-18-6-4-9-23(16-18)37-29(39)26(27(36-37)24-10-2-3-11-25(24)31)19-12-14-22(15-13-19)35-28(38)20-7-5-8-21(17-20)30(32,33)34/h2-17,36H,1H3,(H,35,38). The summed E-state index contributed by atoms with van der Waals surface area (Å²) in [5.74, 6) is -1.23. The highest BCUT2D eigenvalue weighted by Gasteiger charge is 2.31. The van der Waals surface area contributed by atoms with Crippen molar-refractivity contribution in [2.75, 3.05) is 5.32 Å². The van der Waals surface area contributed by atoms with E-state index in [2.05, 4.69) is 10.4 Å². The molecule has 1 aromatic heterocycles. The number of carbonyl (C=O) groups excluding carboxylic acids is 1. The first-order valence-corrected chi connectivity index (χ1v) is 11.9. The molecule has 9 heteroatoms. The van der Waals surface area contributed by atoms with E-state index in [1.165, 1.54) is 28.9 Å². The number of aryl methyl sites for hydroxylation is 1. The summed E-state index contributed by atoms with van der Waals surface area (Å²) < 4.78 is 55.2. The maximum absolute atomic E-state index is 14.8. The van der Waals surface area contributed by atoms with E-state index in [0.717, 1.165) is 23.8 Å². The Balaban J connectivity index is 1.52. The summed E-state index contributed by atoms with van der Waals surface area (Å²) in [4.78, 5) is 26.2. The summed E-state index contributed by atoms with van der Waals surface area (Å²) >= 11 is 0. The number of aromatic nitrogens is 2. The third-order valence-corrected chi connectivity index (χ3v) is 6.18. The molecular formula is C30H21F4N3O2. The second-order valence-electron chi connectivity index (χ2n) is 8.93. The van der Waals surface area contributed by atoms with Gasteiger partial charge in [-0.15, -0.1) is 0 Å². The Morgan fingerprint density at radius 2 is 1.59 bits per heavy atom. The largest absolute Gasteiger partial charge is 0.416 e. The van der Waals surface area contributed by atoms with Crippen molar-refractivity contribution < 1.29 is 22.4 Å². The van der Waals surface area contributed by atoms with Gasteiger partial charge in [0, 0.05) is 16.8 Å². The first-order chi connectivity index (χ1) is 18.6. The maximum Gasteiger partial charge on any atom is 0.416 e. The van der Waals surface area contributed by atoms with Crippen molar-refractivity contribution in [1.29, 1.82) is 0 Å². The monoisotopic (exact) mass is 531 g/mol. The maximum atomic E-state index is 14.8. The summed E-state index contributed by atoms with van der Waals surface area (Å²) in [7, 11) is 0. The Morgan fingerprint density at radius 1 is 0.872 bits per heavy atom. The van der Waals surface area contributed by atoms with Crippen LogP contribution in [0.4, 0.5) is 23.2 Å². The number of anilines is 1. The summed E-state index contributed by atoms with van der Waals surface area (Å²) in [6.07, 6.45) is -4.57. The van der Waals surface area contributed by atoms with E-state index in [1.807, 2.05) is 25.1 Å². The summed E-state index contributed by atoms with van der Waals surface area (Å²) in [6, 6.07) is 23.7. The fraction of sp³-hybridized carbons (Fsp3) is 0.0667. The van der Waals surface area contributed by atoms with Crippen molar-refractivity contribution in [2.24, 2.45) is 0 Å². The van der Waals surface area contributed by atoms with Crippen LogP contribution in [0, 0.1) is 12.7 Å². The van der Waals surface area contributed by atoms with Crippen LogP contribution in [0.25, 0.3) is 28.1 Å². The SMILES string of the molecule is Cc1cccc(-n2[nH]c(-c3ccccc3F)c(-c3ccc(NC(=O)c4cccc(C(F)(F)F)c4)cc3)c2=O)c1. The first kappa shape index (κ1) is 25.7. The van der Waals surface area contributed by atoms with Gasteiger partial charge in [-0.25, -0.2) is 9.07 Å². The normalized spacial score (nSPS) is 11.4. The first-order valence-electron chi connectivity index (χ1n) is 11.9. The number of H-pyrrole nitrogens is 1. The fourth-order valence-electron chi connectivity index (χ4n) is 4.27. The highest BCUT2D eigenvalue weighted by molar-refractivity contribution is 6.04. The van der Waals surface area contributed by atoms with Crippen LogP contribution in [-0.2, 0) is 6.18 Å². The number of amides is 1. The number of halogens is 4. The predicted molar refractivity (Wildman–Crippen MR) is 141 cm³/mol. The molecule has 1 amide bonds. The van der Waals surface area contributed by atoms with Crippen LogP contribution >= 0.6 is 0 Å². The Kier molecular flexibility index (Phi) is 6.66. The zero-order valence-electron chi connectivity index (χ0n) is 20.5. The van der Waals surface area contributed by atoms with Crippen molar-refractivity contribution >= 4 is 11.6 Å². The van der Waals surface area contributed by atoms with E-state index in [-0.39, 0.29) is 22.4 Å². The molecule has 0 spiro atoms. The third-order valence-electron chi connectivity index (χ3n) is 6.18. The molecule has 0 aliphatic rings. The van der Waals surface area contributed by atoms with Gasteiger partial charge in [-0.3, -0.25) is 14.7 Å². The van der Waals surface area contributed by atoms with Gasteiger partial charge in [0.15, 0.2) is 0 Å². The number of hydrogen-bond donors (Lipinski definition) is 2. The van der Waals surface area contributed by atoms with Crippen molar-refractivity contribution in [1.82, 2.24) is 9.78 Å². The van der Waals surface area contributed by atoms with Crippen molar-refractivity contribution in [3.8, 4) is 28.1 Å². The van der Waals surface area contributed by atoms with Gasteiger partial charge in [-0.2, -0.15) is 13.2 Å². The van der Waals surface area contributed by atoms with E-state index in [4.69, 9.17) is 0 Å². The van der Waals surface area contributed by atoms with Crippen molar-refractivity contribution in [3.05, 3.63) is 130 Å². The van der Waals surface area contributed by atoms with E-state index >= 15 is 0 Å². The molecule has 1 heterocycles. The fourth-order valence-corrected chi connectivity index (χ4v) is 4.27. The van der Waals surface area contributed by atoms with Crippen LogP contribution < -0.4 is 10.9 Å². The summed E-state index contributed by atoms with van der Waals surface area (Å²) in [5.41, 5.74) is 1.50. The number of nitrogens with zero attached hydrogens (tertiary/aromatic N) is 1. The van der Waals surface area contributed by atoms with Crippen molar-refractivity contribution in [3.63, 3.8) is 0 Å². The number of benzene rings is 4. The summed E-state index contributed by atoms with van der Waals surface area (Å²) in [5, 5.41) is 5.60. The van der Waals surface area contributed by atoms with Crippen LogP contribution in [0.15, 0.2) is 102 Å². The molecule has 4 aromatic carbocycles. The third kappa shape index (κ3) is 5.24. The minimum absolute atomic E-state index is 0.151. The number of aromatic amines is 1. The van der Waals surface area contributed by atoms with Crippen LogP contribution in [0.2, 0.25) is 0 Å². The molecule has 0 atom stereocenters. The molecule has 0 unspecified atom stereocenters. The van der Waals surface area contributed by atoms with Crippen LogP contribution in [0.5, 0.6) is 0 Å². The molecule has 196 valence electrons. The Morgan fingerprint density at radius 3 is 2.28 bits per heavy atom. The smallest absolute Gasteiger partial charge is 0.322 e. The predicted octanol–water partition coefficient (Wildman–Crippen LogP) is 7.22. The van der Waals surface area contributed by atoms with Gasteiger partial charge in [0.1, 0.15) is 5.82 Å². The van der Waals surface area contributed by atoms with E-state index < -0.39 is 29.0 Å². The summed E-state index contributed by atoms with van der Waals surface area (Å²) in [6.45, 7) is 1.89. The van der Waals surface area contributed by atoms with Gasteiger partial charge >= 0.3 is 6.18 Å². The van der Waals surface area contributed by atoms with Gasteiger partial charge < -0.3 is 5.32 Å². The molecule has 5 aromatic rings. The molecule has 0 aliphatic heterocycles. The van der Waals surface area contributed by atoms with Crippen LogP contribution in [0.3, 0.4) is 0 Å². The number of hydrogen-bond acceptors (Lipinski definition) is 2. The lowest BCUT2D eigenvalue weighted by molar-refractivity contribution is -0.137. The van der Waals surface area contributed by atoms with Crippen molar-refractivity contribution in [2.45, 2.75) is 13.1 Å². The minimum Gasteiger partial charge on any atom is -0.322 e. The number of alkyl halides is 3. The molecule has 5 nitrogen and oxygen atoms in total. The van der Waals surface area contributed by atoms with Gasteiger partial charge in [0.25, 0.3) is 11.5 Å². The lowest BCUT2D eigenvalue weighted by atomic mass is 10.0. The van der Waals surface area contributed by atoms with Gasteiger partial charge in [-0.05, 0) is 72.6 Å². The number of rotatable bonds is 5. The Bertz CT molecular complexity index is 1730. The molecule has 0 bridgehead atoms. The lowest BCUT2D eigenvalue weighted by Gasteiger charge is -2.10. The highest BCUT2D eigenvalue weighted by atomic mass is 19.4. The highest BCUT2D eigenvalue weighted by Crippen LogP contribution is 2.32. The molecule has 0 fully saturated rings. The Hall–Kier alpha value is -4.92. The molecular weight excluding hydrogens is 510 g/mol. The molecule has 0 aliphatic carbocycles. The van der Waals surface area contributed by atoms with Gasteiger partial charge in [-0.1, -0.05) is 42.5 Å². The molecule has 0 saturated heterocycles. The van der Waals surface area contributed by atoms with E-state index in [0.29, 0.717) is 16.9 Å².